The largest absolute Gasteiger partial charge is 0.505 e. The molecular weight excluding hydrogens is 299 g/mol. The smallest absolute Gasteiger partial charge is 0.255 e. The van der Waals surface area contributed by atoms with E-state index in [1.807, 2.05) is 6.07 Å². The molecule has 20 heavy (non-hydrogen) atoms. The Balaban J connectivity index is 2.21. The summed E-state index contributed by atoms with van der Waals surface area (Å²) in [5, 5.41) is 20.8. The second-order valence-corrected chi connectivity index (χ2v) is 4.75. The predicted octanol–water partition coefficient (Wildman–Crippen LogP) is 3.82. The van der Waals surface area contributed by atoms with Gasteiger partial charge in [0.15, 0.2) is 5.75 Å². The zero-order chi connectivity index (χ0) is 14.7. The van der Waals surface area contributed by atoms with E-state index in [0.29, 0.717) is 16.8 Å². The maximum atomic E-state index is 12.0. The summed E-state index contributed by atoms with van der Waals surface area (Å²) in [6.07, 6.45) is 0. The summed E-state index contributed by atoms with van der Waals surface area (Å²) < 4.78 is 0. The van der Waals surface area contributed by atoms with Gasteiger partial charge in [-0.2, -0.15) is 5.26 Å². The standard InChI is InChI=1S/C14H8Cl2N2O2/c15-11-5-10(6-12(16)13(11)19)18-14(20)9-3-1-8(7-17)2-4-9/h1-6,19H,(H,18,20). The Bertz CT molecular complexity index is 683. The average molecular weight is 307 g/mol. The van der Waals surface area contributed by atoms with Gasteiger partial charge in [0.25, 0.3) is 5.91 Å². The van der Waals surface area contributed by atoms with Crippen molar-refractivity contribution in [2.75, 3.05) is 5.32 Å². The van der Waals surface area contributed by atoms with Crippen LogP contribution in [-0.4, -0.2) is 11.0 Å². The second-order valence-electron chi connectivity index (χ2n) is 3.93. The fourth-order valence-electron chi connectivity index (χ4n) is 1.54. The molecule has 0 bridgehead atoms. The third kappa shape index (κ3) is 3.02. The molecule has 0 heterocycles. The van der Waals surface area contributed by atoms with Crippen LogP contribution < -0.4 is 5.32 Å². The Hall–Kier alpha value is -2.22. The fourth-order valence-corrected chi connectivity index (χ4v) is 2.02. The summed E-state index contributed by atoms with van der Waals surface area (Å²) in [7, 11) is 0. The highest BCUT2D eigenvalue weighted by molar-refractivity contribution is 6.37. The molecule has 0 unspecified atom stereocenters. The number of nitrogens with zero attached hydrogens (tertiary/aromatic N) is 1. The van der Waals surface area contributed by atoms with Crippen molar-refractivity contribution in [2.24, 2.45) is 0 Å². The van der Waals surface area contributed by atoms with E-state index in [2.05, 4.69) is 5.32 Å². The van der Waals surface area contributed by atoms with Crippen molar-refractivity contribution >= 4 is 34.8 Å². The molecule has 2 aromatic carbocycles. The van der Waals surface area contributed by atoms with Gasteiger partial charge in [-0.1, -0.05) is 23.2 Å². The van der Waals surface area contributed by atoms with E-state index in [-0.39, 0.29) is 21.7 Å². The Kier molecular flexibility index (Phi) is 4.14. The lowest BCUT2D eigenvalue weighted by molar-refractivity contribution is 0.102. The minimum atomic E-state index is -0.368. The van der Waals surface area contributed by atoms with Crippen LogP contribution in [0.2, 0.25) is 10.0 Å². The van der Waals surface area contributed by atoms with Crippen LogP contribution in [-0.2, 0) is 0 Å². The van der Waals surface area contributed by atoms with E-state index in [4.69, 9.17) is 28.5 Å². The van der Waals surface area contributed by atoms with Gasteiger partial charge in [-0.3, -0.25) is 4.79 Å². The molecule has 2 aromatic rings. The van der Waals surface area contributed by atoms with Crippen LogP contribution in [0.5, 0.6) is 5.75 Å². The predicted molar refractivity (Wildman–Crippen MR) is 77.2 cm³/mol. The number of anilines is 1. The first-order chi connectivity index (χ1) is 9.51. The van der Waals surface area contributed by atoms with E-state index in [9.17, 15) is 9.90 Å². The number of nitriles is 1. The maximum Gasteiger partial charge on any atom is 0.255 e. The number of phenolic OH excluding ortho intramolecular Hbond substituents is 1. The number of benzene rings is 2. The van der Waals surface area contributed by atoms with Gasteiger partial charge in [-0.25, -0.2) is 0 Å². The van der Waals surface area contributed by atoms with Gasteiger partial charge in [0, 0.05) is 11.3 Å². The normalized spacial score (nSPS) is 9.85. The van der Waals surface area contributed by atoms with E-state index in [0.717, 1.165) is 0 Å². The van der Waals surface area contributed by atoms with Crippen LogP contribution in [0.25, 0.3) is 0 Å². The number of halogens is 2. The van der Waals surface area contributed by atoms with Crippen molar-refractivity contribution in [3.63, 3.8) is 0 Å². The number of nitrogens with one attached hydrogen (secondary N) is 1. The Morgan fingerprint density at radius 2 is 1.70 bits per heavy atom. The van der Waals surface area contributed by atoms with Crippen molar-refractivity contribution in [3.05, 3.63) is 57.6 Å². The molecule has 0 aliphatic heterocycles. The zero-order valence-corrected chi connectivity index (χ0v) is 11.5. The molecule has 0 atom stereocenters. The summed E-state index contributed by atoms with van der Waals surface area (Å²) in [6, 6.07) is 10.9. The number of hydrogen-bond acceptors (Lipinski definition) is 3. The van der Waals surface area contributed by atoms with Crippen LogP contribution in [0.15, 0.2) is 36.4 Å². The Labute approximate surface area is 125 Å². The van der Waals surface area contributed by atoms with Crippen molar-refractivity contribution in [2.45, 2.75) is 0 Å². The number of rotatable bonds is 2. The first kappa shape index (κ1) is 14.2. The lowest BCUT2D eigenvalue weighted by Crippen LogP contribution is -2.11. The first-order valence-corrected chi connectivity index (χ1v) is 6.26. The highest BCUT2D eigenvalue weighted by atomic mass is 35.5. The van der Waals surface area contributed by atoms with E-state index < -0.39 is 0 Å². The molecule has 4 nitrogen and oxygen atoms in total. The summed E-state index contributed by atoms with van der Waals surface area (Å²) in [4.78, 5) is 12.0. The van der Waals surface area contributed by atoms with Gasteiger partial charge in [0.1, 0.15) is 0 Å². The molecule has 6 heteroatoms. The quantitative estimate of drug-likeness (QED) is 0.828. The van der Waals surface area contributed by atoms with Crippen molar-refractivity contribution in [3.8, 4) is 11.8 Å². The van der Waals surface area contributed by atoms with E-state index in [1.54, 1.807) is 12.1 Å². The lowest BCUT2D eigenvalue weighted by Gasteiger charge is -2.08. The van der Waals surface area contributed by atoms with Crippen LogP contribution in [0.3, 0.4) is 0 Å². The molecule has 2 N–H and O–H groups in total. The zero-order valence-electron chi connectivity index (χ0n) is 10.0. The third-order valence-electron chi connectivity index (χ3n) is 2.55. The highest BCUT2D eigenvalue weighted by Gasteiger charge is 2.10. The van der Waals surface area contributed by atoms with Crippen LogP contribution in [0.1, 0.15) is 15.9 Å². The van der Waals surface area contributed by atoms with Crippen molar-refractivity contribution in [1.29, 1.82) is 5.26 Å². The van der Waals surface area contributed by atoms with Crippen molar-refractivity contribution in [1.82, 2.24) is 0 Å². The van der Waals surface area contributed by atoms with Gasteiger partial charge in [-0.05, 0) is 36.4 Å². The number of carbonyl (C=O) groups excluding carboxylic acids is 1. The molecule has 0 aromatic heterocycles. The van der Waals surface area contributed by atoms with Gasteiger partial charge < -0.3 is 10.4 Å². The molecule has 2 rings (SSSR count). The molecule has 0 aliphatic carbocycles. The molecule has 0 aliphatic rings. The molecule has 0 radical (unpaired) electrons. The van der Waals surface area contributed by atoms with Crippen molar-refractivity contribution < 1.29 is 9.90 Å². The monoisotopic (exact) mass is 306 g/mol. The third-order valence-corrected chi connectivity index (χ3v) is 3.13. The number of phenols is 1. The van der Waals surface area contributed by atoms with Gasteiger partial charge in [-0.15, -0.1) is 0 Å². The molecule has 0 spiro atoms. The number of carbonyl (C=O) groups is 1. The highest BCUT2D eigenvalue weighted by Crippen LogP contribution is 2.34. The summed E-state index contributed by atoms with van der Waals surface area (Å²) in [5.41, 5.74) is 1.23. The van der Waals surface area contributed by atoms with Crippen LogP contribution in [0, 0.1) is 11.3 Å². The molecule has 1 amide bonds. The van der Waals surface area contributed by atoms with Gasteiger partial charge in [0.2, 0.25) is 0 Å². The number of aromatic hydroxyl groups is 1. The Morgan fingerprint density at radius 1 is 1.15 bits per heavy atom. The van der Waals surface area contributed by atoms with Gasteiger partial charge >= 0.3 is 0 Å². The van der Waals surface area contributed by atoms with Crippen LogP contribution in [0.4, 0.5) is 5.69 Å². The number of amides is 1. The fraction of sp³-hybridized carbons (Fsp3) is 0. The SMILES string of the molecule is N#Cc1ccc(C(=O)Nc2cc(Cl)c(O)c(Cl)c2)cc1. The number of hydrogen-bond donors (Lipinski definition) is 2. The minimum Gasteiger partial charge on any atom is -0.505 e. The maximum absolute atomic E-state index is 12.0. The molecule has 100 valence electrons. The summed E-state index contributed by atoms with van der Waals surface area (Å²) in [6.45, 7) is 0. The minimum absolute atomic E-state index is 0.0487. The Morgan fingerprint density at radius 3 is 2.20 bits per heavy atom. The average Bonchev–Trinajstić information content (AvgIpc) is 2.44. The molecule has 0 saturated heterocycles. The van der Waals surface area contributed by atoms with E-state index >= 15 is 0 Å². The molecule has 0 fully saturated rings. The molecule has 0 saturated carbocycles. The van der Waals surface area contributed by atoms with Crippen LogP contribution >= 0.6 is 23.2 Å². The summed E-state index contributed by atoms with van der Waals surface area (Å²) >= 11 is 11.5. The second kappa shape index (κ2) is 5.83. The topological polar surface area (TPSA) is 73.1 Å². The first-order valence-electron chi connectivity index (χ1n) is 5.51. The molecular formula is C14H8Cl2N2O2. The van der Waals surface area contributed by atoms with Gasteiger partial charge in [0.05, 0.1) is 21.7 Å². The lowest BCUT2D eigenvalue weighted by atomic mass is 10.1. The summed E-state index contributed by atoms with van der Waals surface area (Å²) in [5.74, 6) is -0.600. The van der Waals surface area contributed by atoms with E-state index in [1.165, 1.54) is 24.3 Å².